The molecule has 0 saturated heterocycles. The van der Waals surface area contributed by atoms with Crippen molar-refractivity contribution in [2.45, 2.75) is 6.92 Å². The molecule has 0 saturated carbocycles. The van der Waals surface area contributed by atoms with Crippen LogP contribution in [0.4, 0.5) is 5.69 Å². The number of nitrogen functional groups attached to an aromatic ring is 1. The van der Waals surface area contributed by atoms with Crippen molar-refractivity contribution >= 4 is 5.69 Å². The van der Waals surface area contributed by atoms with Crippen LogP contribution in [-0.2, 0) is 0 Å². The molecular weight excluding hydrogens is 262 g/mol. The lowest BCUT2D eigenvalue weighted by Gasteiger charge is -2.03. The smallest absolute Gasteiger partial charge is 0.171 e. The fraction of sp³-hybridized carbons (Fsp3) is 0.0625. The summed E-state index contributed by atoms with van der Waals surface area (Å²) < 4.78 is 1.62. The largest absolute Gasteiger partial charge is 0.399 e. The normalized spacial score (nSPS) is 10.3. The summed E-state index contributed by atoms with van der Waals surface area (Å²) in [6, 6.07) is 13.3. The predicted molar refractivity (Wildman–Crippen MR) is 80.7 cm³/mol. The van der Waals surface area contributed by atoms with Crippen LogP contribution in [0.3, 0.4) is 0 Å². The van der Waals surface area contributed by atoms with Gasteiger partial charge in [-0.3, -0.25) is 0 Å². The zero-order valence-electron chi connectivity index (χ0n) is 11.5. The van der Waals surface area contributed by atoms with E-state index in [1.807, 2.05) is 43.5 Å². The van der Waals surface area contributed by atoms with Gasteiger partial charge in [-0.25, -0.2) is 9.67 Å². The molecular formula is C16H13N5. The van der Waals surface area contributed by atoms with Gasteiger partial charge in [0.1, 0.15) is 6.07 Å². The zero-order chi connectivity index (χ0) is 14.8. The van der Waals surface area contributed by atoms with Gasteiger partial charge in [-0.15, -0.1) is 0 Å². The van der Waals surface area contributed by atoms with Crippen molar-refractivity contribution in [2.75, 3.05) is 5.73 Å². The molecule has 2 heterocycles. The molecule has 0 aliphatic rings. The van der Waals surface area contributed by atoms with Crippen LogP contribution < -0.4 is 5.73 Å². The Labute approximate surface area is 122 Å². The molecule has 5 heteroatoms. The van der Waals surface area contributed by atoms with E-state index in [0.29, 0.717) is 17.1 Å². The van der Waals surface area contributed by atoms with E-state index < -0.39 is 0 Å². The van der Waals surface area contributed by atoms with Gasteiger partial charge in [0.15, 0.2) is 5.82 Å². The maximum atomic E-state index is 9.18. The number of aryl methyl sites for hydroxylation is 1. The first-order chi connectivity index (χ1) is 10.2. The molecule has 102 valence electrons. The quantitative estimate of drug-likeness (QED) is 0.729. The Bertz CT molecular complexity index is 842. The molecule has 1 aromatic carbocycles. The highest BCUT2D eigenvalue weighted by Gasteiger charge is 2.09. The molecule has 2 aromatic heterocycles. The summed E-state index contributed by atoms with van der Waals surface area (Å²) in [5, 5.41) is 13.5. The Morgan fingerprint density at radius 1 is 1.19 bits per heavy atom. The van der Waals surface area contributed by atoms with E-state index in [9.17, 15) is 5.26 Å². The lowest BCUT2D eigenvalue weighted by Crippen LogP contribution is -2.02. The first kappa shape index (κ1) is 12.9. The van der Waals surface area contributed by atoms with Crippen LogP contribution in [-0.4, -0.2) is 14.8 Å². The molecule has 5 nitrogen and oxygen atoms in total. The summed E-state index contributed by atoms with van der Waals surface area (Å²) in [5.74, 6) is 0.535. The van der Waals surface area contributed by atoms with Crippen LogP contribution in [0.5, 0.6) is 0 Å². The fourth-order valence-electron chi connectivity index (χ4n) is 2.11. The number of anilines is 1. The summed E-state index contributed by atoms with van der Waals surface area (Å²) in [7, 11) is 0. The van der Waals surface area contributed by atoms with Crippen LogP contribution >= 0.6 is 0 Å². The third-order valence-corrected chi connectivity index (χ3v) is 3.15. The summed E-state index contributed by atoms with van der Waals surface area (Å²) in [4.78, 5) is 4.39. The van der Waals surface area contributed by atoms with Gasteiger partial charge >= 0.3 is 0 Å². The minimum Gasteiger partial charge on any atom is -0.399 e. The lowest BCUT2D eigenvalue weighted by atomic mass is 10.1. The molecule has 0 fully saturated rings. The molecule has 0 unspecified atom stereocenters. The highest BCUT2D eigenvalue weighted by molar-refractivity contribution is 5.66. The maximum absolute atomic E-state index is 9.18. The van der Waals surface area contributed by atoms with Crippen LogP contribution in [0.1, 0.15) is 11.3 Å². The molecule has 3 aromatic rings. The first-order valence-electron chi connectivity index (χ1n) is 6.46. The zero-order valence-corrected chi connectivity index (χ0v) is 11.5. The molecule has 3 rings (SSSR count). The average Bonchev–Trinajstić information content (AvgIpc) is 2.97. The van der Waals surface area contributed by atoms with Crippen molar-refractivity contribution in [3.63, 3.8) is 0 Å². The standard InChI is InChI=1S/C16H13N5/c1-11-5-6-13(8-17)16(20-11)21-10-14(9-19-21)12-3-2-4-15(18)7-12/h2-7,9-10H,18H2,1H3. The molecule has 0 atom stereocenters. The topological polar surface area (TPSA) is 80.5 Å². The average molecular weight is 275 g/mol. The van der Waals surface area contributed by atoms with Gasteiger partial charge in [-0.2, -0.15) is 10.4 Å². The van der Waals surface area contributed by atoms with E-state index in [-0.39, 0.29) is 0 Å². The van der Waals surface area contributed by atoms with E-state index >= 15 is 0 Å². The number of hydrogen-bond acceptors (Lipinski definition) is 4. The molecule has 0 aliphatic carbocycles. The summed E-state index contributed by atoms with van der Waals surface area (Å²) in [6.45, 7) is 1.88. The minimum atomic E-state index is 0.489. The molecule has 0 bridgehead atoms. The number of hydrogen-bond donors (Lipinski definition) is 1. The first-order valence-corrected chi connectivity index (χ1v) is 6.46. The number of nitrogens with two attached hydrogens (primary N) is 1. The van der Waals surface area contributed by atoms with Crippen molar-refractivity contribution < 1.29 is 0 Å². The number of rotatable bonds is 2. The van der Waals surface area contributed by atoms with E-state index in [0.717, 1.165) is 16.8 Å². The molecule has 0 aliphatic heterocycles. The highest BCUT2D eigenvalue weighted by Crippen LogP contribution is 2.22. The van der Waals surface area contributed by atoms with Crippen LogP contribution in [0.25, 0.3) is 16.9 Å². The second kappa shape index (κ2) is 5.10. The summed E-state index contributed by atoms with van der Waals surface area (Å²) in [6.07, 6.45) is 3.58. The Morgan fingerprint density at radius 2 is 2.05 bits per heavy atom. The summed E-state index contributed by atoms with van der Waals surface area (Å²) in [5.41, 5.74) is 9.73. The fourth-order valence-corrected chi connectivity index (χ4v) is 2.11. The van der Waals surface area contributed by atoms with E-state index in [2.05, 4.69) is 16.2 Å². The van der Waals surface area contributed by atoms with Crippen LogP contribution in [0, 0.1) is 18.3 Å². The van der Waals surface area contributed by atoms with Gasteiger partial charge in [0, 0.05) is 23.1 Å². The molecule has 0 spiro atoms. The number of nitriles is 1. The third-order valence-electron chi connectivity index (χ3n) is 3.15. The number of nitrogens with zero attached hydrogens (tertiary/aromatic N) is 4. The predicted octanol–water partition coefficient (Wildman–Crippen LogP) is 2.70. The minimum absolute atomic E-state index is 0.489. The van der Waals surface area contributed by atoms with Crippen molar-refractivity contribution in [3.05, 3.63) is 60.0 Å². The SMILES string of the molecule is Cc1ccc(C#N)c(-n2cc(-c3cccc(N)c3)cn2)n1. The molecule has 0 amide bonds. The van der Waals surface area contributed by atoms with Crippen molar-refractivity contribution in [1.82, 2.24) is 14.8 Å². The second-order valence-electron chi connectivity index (χ2n) is 4.73. The Hall–Kier alpha value is -3.13. The van der Waals surface area contributed by atoms with Crippen molar-refractivity contribution in [3.8, 4) is 23.0 Å². The Kier molecular flexibility index (Phi) is 3.13. The highest BCUT2D eigenvalue weighted by atomic mass is 15.3. The Balaban J connectivity index is 2.07. The Morgan fingerprint density at radius 3 is 2.81 bits per heavy atom. The van der Waals surface area contributed by atoms with Crippen LogP contribution in [0.15, 0.2) is 48.8 Å². The van der Waals surface area contributed by atoms with Gasteiger partial charge in [0.25, 0.3) is 0 Å². The molecule has 21 heavy (non-hydrogen) atoms. The van der Waals surface area contributed by atoms with Crippen molar-refractivity contribution in [1.29, 1.82) is 5.26 Å². The maximum Gasteiger partial charge on any atom is 0.171 e. The number of pyridine rings is 1. The third kappa shape index (κ3) is 2.47. The van der Waals surface area contributed by atoms with Gasteiger partial charge < -0.3 is 5.73 Å². The van der Waals surface area contributed by atoms with E-state index in [1.54, 1.807) is 16.9 Å². The van der Waals surface area contributed by atoms with Crippen LogP contribution in [0.2, 0.25) is 0 Å². The molecule has 0 radical (unpaired) electrons. The second-order valence-corrected chi connectivity index (χ2v) is 4.73. The van der Waals surface area contributed by atoms with E-state index in [4.69, 9.17) is 5.73 Å². The number of benzene rings is 1. The molecule has 2 N–H and O–H groups in total. The van der Waals surface area contributed by atoms with Gasteiger partial charge in [0.05, 0.1) is 11.8 Å². The monoisotopic (exact) mass is 275 g/mol. The van der Waals surface area contributed by atoms with Crippen molar-refractivity contribution in [2.24, 2.45) is 0 Å². The van der Waals surface area contributed by atoms with Gasteiger partial charge in [-0.05, 0) is 36.8 Å². The van der Waals surface area contributed by atoms with E-state index in [1.165, 1.54) is 0 Å². The van der Waals surface area contributed by atoms with Gasteiger partial charge in [0.2, 0.25) is 0 Å². The van der Waals surface area contributed by atoms with Gasteiger partial charge in [-0.1, -0.05) is 12.1 Å². The number of aromatic nitrogens is 3. The lowest BCUT2D eigenvalue weighted by molar-refractivity contribution is 0.837. The summed E-state index contributed by atoms with van der Waals surface area (Å²) >= 11 is 0.